The summed E-state index contributed by atoms with van der Waals surface area (Å²) in [6, 6.07) is 11.4. The molecular weight excluding hydrogens is 344 g/mol. The lowest BCUT2D eigenvalue weighted by Crippen LogP contribution is -2.26. The number of carbonyl (C=O) groups excluding carboxylic acids is 1. The fourth-order valence-electron chi connectivity index (χ4n) is 2.94. The maximum absolute atomic E-state index is 12.4. The molecule has 0 saturated heterocycles. The first-order valence-corrected chi connectivity index (χ1v) is 8.55. The van der Waals surface area contributed by atoms with Crippen LogP contribution in [0.15, 0.2) is 47.1 Å². The van der Waals surface area contributed by atoms with Gasteiger partial charge >= 0.3 is 11.8 Å². The molecule has 0 fully saturated rings. The molecule has 27 heavy (non-hydrogen) atoms. The average Bonchev–Trinajstić information content (AvgIpc) is 3.29. The zero-order chi connectivity index (χ0) is 19.0. The van der Waals surface area contributed by atoms with E-state index < -0.39 is 5.91 Å². The third-order valence-corrected chi connectivity index (χ3v) is 4.29. The molecule has 0 spiro atoms. The molecule has 1 atom stereocenters. The number of aromatic nitrogens is 5. The van der Waals surface area contributed by atoms with Gasteiger partial charge in [-0.05, 0) is 32.4 Å². The van der Waals surface area contributed by atoms with E-state index in [9.17, 15) is 4.79 Å². The smallest absolute Gasteiger partial charge is 0.316 e. The second kappa shape index (κ2) is 6.64. The molecule has 4 aromatic rings. The molecule has 3 aromatic heterocycles. The van der Waals surface area contributed by atoms with Crippen molar-refractivity contribution in [1.82, 2.24) is 30.1 Å². The zero-order valence-corrected chi connectivity index (χ0v) is 15.2. The Kier molecular flexibility index (Phi) is 4.15. The summed E-state index contributed by atoms with van der Waals surface area (Å²) in [6.07, 6.45) is 1.62. The van der Waals surface area contributed by atoms with E-state index in [-0.39, 0.29) is 17.8 Å². The van der Waals surface area contributed by atoms with E-state index >= 15 is 0 Å². The van der Waals surface area contributed by atoms with Crippen molar-refractivity contribution in [1.29, 1.82) is 0 Å². The van der Waals surface area contributed by atoms with E-state index in [0.29, 0.717) is 11.2 Å². The highest BCUT2D eigenvalue weighted by atomic mass is 16.5. The first-order chi connectivity index (χ1) is 13.0. The number of amides is 1. The molecule has 4 rings (SSSR count). The summed E-state index contributed by atoms with van der Waals surface area (Å²) in [4.78, 5) is 21.2. The van der Waals surface area contributed by atoms with Crippen LogP contribution < -0.4 is 5.32 Å². The molecule has 136 valence electrons. The molecule has 1 amide bonds. The summed E-state index contributed by atoms with van der Waals surface area (Å²) < 4.78 is 6.86. The van der Waals surface area contributed by atoms with E-state index in [1.54, 1.807) is 10.7 Å². The molecule has 0 aliphatic heterocycles. The fourth-order valence-corrected chi connectivity index (χ4v) is 2.94. The standard InChI is InChI=1S/C19H18N6O2/c1-11-9-12(2)25-17(21-11)15(10-20-25)16-23-19(27-24-16)18(26)22-13(3)14-7-5-4-6-8-14/h4-10,13H,1-3H3,(H,22,26)/t13-/m0/s1. The molecule has 0 bridgehead atoms. The van der Waals surface area contributed by atoms with Crippen molar-refractivity contribution in [2.24, 2.45) is 0 Å². The van der Waals surface area contributed by atoms with Gasteiger partial charge in [-0.25, -0.2) is 9.50 Å². The molecule has 1 aromatic carbocycles. The monoisotopic (exact) mass is 362 g/mol. The summed E-state index contributed by atoms with van der Waals surface area (Å²) in [6.45, 7) is 5.74. The van der Waals surface area contributed by atoms with Crippen LogP contribution >= 0.6 is 0 Å². The van der Waals surface area contributed by atoms with Crippen LogP contribution in [0.1, 0.15) is 40.6 Å². The summed E-state index contributed by atoms with van der Waals surface area (Å²) in [5.74, 6) is -0.251. The van der Waals surface area contributed by atoms with Crippen LogP contribution in [0.5, 0.6) is 0 Å². The lowest BCUT2D eigenvalue weighted by molar-refractivity contribution is 0.0895. The Balaban J connectivity index is 1.60. The predicted molar refractivity (Wildman–Crippen MR) is 98.1 cm³/mol. The Morgan fingerprint density at radius 2 is 1.96 bits per heavy atom. The van der Waals surface area contributed by atoms with Gasteiger partial charge in [-0.15, -0.1) is 0 Å². The van der Waals surface area contributed by atoms with E-state index in [1.807, 2.05) is 57.2 Å². The van der Waals surface area contributed by atoms with E-state index in [4.69, 9.17) is 4.52 Å². The molecule has 0 aliphatic rings. The number of nitrogens with one attached hydrogen (secondary N) is 1. The minimum Gasteiger partial charge on any atom is -0.341 e. The first-order valence-electron chi connectivity index (χ1n) is 8.55. The highest BCUT2D eigenvalue weighted by Crippen LogP contribution is 2.22. The van der Waals surface area contributed by atoms with Gasteiger partial charge in [-0.1, -0.05) is 35.5 Å². The molecule has 3 heterocycles. The van der Waals surface area contributed by atoms with Crippen LogP contribution in [0.3, 0.4) is 0 Å². The van der Waals surface area contributed by atoms with Crippen LogP contribution in [0, 0.1) is 13.8 Å². The van der Waals surface area contributed by atoms with Crippen molar-refractivity contribution in [2.75, 3.05) is 0 Å². The summed E-state index contributed by atoms with van der Waals surface area (Å²) in [5, 5.41) is 11.1. The van der Waals surface area contributed by atoms with Gasteiger partial charge in [0.15, 0.2) is 5.65 Å². The predicted octanol–water partition coefficient (Wildman–Crippen LogP) is 2.89. The average molecular weight is 362 g/mol. The number of fused-ring (bicyclic) bond motifs is 1. The van der Waals surface area contributed by atoms with Gasteiger partial charge in [-0.2, -0.15) is 10.1 Å². The van der Waals surface area contributed by atoms with Crippen molar-refractivity contribution in [3.8, 4) is 11.4 Å². The van der Waals surface area contributed by atoms with Crippen molar-refractivity contribution < 1.29 is 9.32 Å². The molecule has 8 heteroatoms. The minimum atomic E-state index is -0.429. The number of nitrogens with zero attached hydrogens (tertiary/aromatic N) is 5. The third-order valence-electron chi connectivity index (χ3n) is 4.29. The Labute approximate surface area is 155 Å². The maximum atomic E-state index is 12.4. The molecule has 8 nitrogen and oxygen atoms in total. The van der Waals surface area contributed by atoms with Crippen LogP contribution in [0.2, 0.25) is 0 Å². The van der Waals surface area contributed by atoms with Crippen LogP contribution in [0.25, 0.3) is 17.0 Å². The van der Waals surface area contributed by atoms with E-state index in [2.05, 4.69) is 25.5 Å². The second-order valence-corrected chi connectivity index (χ2v) is 6.36. The van der Waals surface area contributed by atoms with Crippen LogP contribution in [-0.2, 0) is 0 Å². The number of hydrogen-bond donors (Lipinski definition) is 1. The summed E-state index contributed by atoms with van der Waals surface area (Å²) in [7, 11) is 0. The minimum absolute atomic E-state index is 0.100. The molecule has 1 N–H and O–H groups in total. The fraction of sp³-hybridized carbons (Fsp3) is 0.211. The van der Waals surface area contributed by atoms with Gasteiger partial charge in [0, 0.05) is 11.4 Å². The zero-order valence-electron chi connectivity index (χ0n) is 15.2. The highest BCUT2D eigenvalue weighted by Gasteiger charge is 2.21. The van der Waals surface area contributed by atoms with Gasteiger partial charge in [0.1, 0.15) is 0 Å². The molecule has 0 saturated carbocycles. The normalized spacial score (nSPS) is 12.3. The van der Waals surface area contributed by atoms with Gasteiger partial charge < -0.3 is 9.84 Å². The van der Waals surface area contributed by atoms with Gasteiger partial charge in [-0.3, -0.25) is 4.79 Å². The topological polar surface area (TPSA) is 98.2 Å². The second-order valence-electron chi connectivity index (χ2n) is 6.36. The summed E-state index contributed by atoms with van der Waals surface area (Å²) in [5.41, 5.74) is 4.03. The van der Waals surface area contributed by atoms with Crippen molar-refractivity contribution in [3.05, 3.63) is 65.4 Å². The molecular formula is C19H18N6O2. The van der Waals surface area contributed by atoms with E-state index in [0.717, 1.165) is 17.0 Å². The third kappa shape index (κ3) is 3.17. The largest absolute Gasteiger partial charge is 0.341 e. The van der Waals surface area contributed by atoms with Gasteiger partial charge in [0.2, 0.25) is 5.82 Å². The molecule has 0 aliphatic carbocycles. The number of carbonyl (C=O) groups is 1. The first kappa shape index (κ1) is 16.9. The summed E-state index contributed by atoms with van der Waals surface area (Å²) >= 11 is 0. The molecule has 0 unspecified atom stereocenters. The van der Waals surface area contributed by atoms with Gasteiger partial charge in [0.25, 0.3) is 0 Å². The SMILES string of the molecule is Cc1cc(C)n2ncc(-c3noc(C(=O)N[C@@H](C)c4ccccc4)n3)c2n1. The lowest BCUT2D eigenvalue weighted by atomic mass is 10.1. The number of benzene rings is 1. The van der Waals surface area contributed by atoms with Crippen molar-refractivity contribution in [3.63, 3.8) is 0 Å². The maximum Gasteiger partial charge on any atom is 0.316 e. The van der Waals surface area contributed by atoms with Gasteiger partial charge in [0.05, 0.1) is 17.8 Å². The quantitative estimate of drug-likeness (QED) is 0.599. The van der Waals surface area contributed by atoms with Crippen LogP contribution in [-0.4, -0.2) is 30.6 Å². The lowest BCUT2D eigenvalue weighted by Gasteiger charge is -2.12. The van der Waals surface area contributed by atoms with Crippen LogP contribution in [0.4, 0.5) is 0 Å². The van der Waals surface area contributed by atoms with E-state index in [1.165, 1.54) is 0 Å². The highest BCUT2D eigenvalue weighted by molar-refractivity contribution is 5.90. The number of rotatable bonds is 4. The Morgan fingerprint density at radius 1 is 1.19 bits per heavy atom. The Bertz CT molecular complexity index is 1120. The molecule has 0 radical (unpaired) electrons. The Hall–Kier alpha value is -3.55. The Morgan fingerprint density at radius 3 is 2.74 bits per heavy atom. The van der Waals surface area contributed by atoms with Crippen molar-refractivity contribution in [2.45, 2.75) is 26.8 Å². The van der Waals surface area contributed by atoms with Crippen molar-refractivity contribution >= 4 is 11.6 Å². The number of hydrogen-bond acceptors (Lipinski definition) is 6. The number of aryl methyl sites for hydroxylation is 2.